The number of H-pyrrole nitrogens is 1. The third kappa shape index (κ3) is 1.54. The molecule has 0 spiro atoms. The van der Waals surface area contributed by atoms with Crippen molar-refractivity contribution in [3.05, 3.63) is 23.5 Å². The van der Waals surface area contributed by atoms with Crippen molar-refractivity contribution in [2.45, 2.75) is 6.42 Å². The lowest BCUT2D eigenvalue weighted by molar-refractivity contribution is 0.0690. The number of aromatic carboxylic acids is 1. The number of carboxylic acids is 1. The second kappa shape index (κ2) is 3.63. The summed E-state index contributed by atoms with van der Waals surface area (Å²) < 4.78 is 0. The fraction of sp³-hybridized carbons (Fsp3) is 0.333. The molecule has 0 saturated heterocycles. The lowest BCUT2D eigenvalue weighted by atomic mass is 10.0. The van der Waals surface area contributed by atoms with Crippen LogP contribution in [-0.4, -0.2) is 34.4 Å². The Bertz CT molecular complexity index is 381. The average Bonchev–Trinajstić information content (AvgIpc) is 2.67. The van der Waals surface area contributed by atoms with E-state index in [0.717, 1.165) is 25.1 Å². The van der Waals surface area contributed by atoms with Gasteiger partial charge in [0.1, 0.15) is 0 Å². The summed E-state index contributed by atoms with van der Waals surface area (Å²) in [5.41, 5.74) is 1.94. The van der Waals surface area contributed by atoms with Crippen LogP contribution >= 0.6 is 0 Å². The van der Waals surface area contributed by atoms with Crippen molar-refractivity contribution < 1.29 is 9.90 Å². The minimum absolute atomic E-state index is 0.179. The first-order valence-electron chi connectivity index (χ1n) is 4.46. The van der Waals surface area contributed by atoms with Gasteiger partial charge in [-0.15, -0.1) is 0 Å². The molecule has 1 aliphatic heterocycles. The summed E-state index contributed by atoms with van der Waals surface area (Å²) in [6.45, 7) is 1.68. The maximum Gasteiger partial charge on any atom is 0.354 e. The summed E-state index contributed by atoms with van der Waals surface area (Å²) in [7, 11) is 0. The molecule has 5 nitrogen and oxygen atoms in total. The molecule has 0 aromatic carbocycles. The average molecular weight is 193 g/mol. The van der Waals surface area contributed by atoms with Gasteiger partial charge in [0.25, 0.3) is 0 Å². The van der Waals surface area contributed by atoms with Gasteiger partial charge in [-0.25, -0.2) is 4.79 Å². The van der Waals surface area contributed by atoms with E-state index in [4.69, 9.17) is 5.11 Å². The zero-order valence-corrected chi connectivity index (χ0v) is 7.58. The third-order valence-corrected chi connectivity index (χ3v) is 2.26. The number of carbonyl (C=O) groups is 1. The summed E-state index contributed by atoms with van der Waals surface area (Å²) in [5.74, 6) is -0.961. The SMILES string of the molecule is O=C(O)c1[nH]ncc1C1=CCNCC1. The summed E-state index contributed by atoms with van der Waals surface area (Å²) >= 11 is 0. The van der Waals surface area contributed by atoms with Crippen LogP contribution in [0.4, 0.5) is 0 Å². The third-order valence-electron chi connectivity index (χ3n) is 2.26. The minimum Gasteiger partial charge on any atom is -0.477 e. The van der Waals surface area contributed by atoms with Gasteiger partial charge in [0.05, 0.1) is 6.20 Å². The van der Waals surface area contributed by atoms with Crippen LogP contribution in [0.2, 0.25) is 0 Å². The van der Waals surface area contributed by atoms with Crippen LogP contribution in [0.5, 0.6) is 0 Å². The van der Waals surface area contributed by atoms with Gasteiger partial charge in [0, 0.05) is 12.1 Å². The molecule has 0 atom stereocenters. The van der Waals surface area contributed by atoms with Crippen LogP contribution < -0.4 is 5.32 Å². The number of aromatic amines is 1. The minimum atomic E-state index is -0.961. The molecule has 1 aromatic rings. The predicted molar refractivity (Wildman–Crippen MR) is 51.0 cm³/mol. The molecule has 0 unspecified atom stereocenters. The Balaban J connectivity index is 2.35. The quantitative estimate of drug-likeness (QED) is 0.638. The lowest BCUT2D eigenvalue weighted by Crippen LogP contribution is -2.20. The van der Waals surface area contributed by atoms with Crippen molar-refractivity contribution in [2.75, 3.05) is 13.1 Å². The van der Waals surface area contributed by atoms with Crippen molar-refractivity contribution in [3.8, 4) is 0 Å². The number of aromatic nitrogens is 2. The molecule has 0 bridgehead atoms. The number of carboxylic acid groups (broad SMARTS) is 1. The molecule has 0 aliphatic carbocycles. The Hall–Kier alpha value is -1.62. The number of nitrogens with zero attached hydrogens (tertiary/aromatic N) is 1. The maximum absolute atomic E-state index is 10.8. The number of hydrogen-bond acceptors (Lipinski definition) is 3. The van der Waals surface area contributed by atoms with Gasteiger partial charge in [-0.3, -0.25) is 5.10 Å². The standard InChI is InChI=1S/C9H11N3O2/c13-9(14)8-7(5-11-12-8)6-1-3-10-4-2-6/h1,5,10H,2-4H2,(H,11,12)(H,13,14). The molecule has 3 N–H and O–H groups in total. The van der Waals surface area contributed by atoms with E-state index >= 15 is 0 Å². The van der Waals surface area contributed by atoms with Crippen molar-refractivity contribution in [2.24, 2.45) is 0 Å². The molecule has 0 saturated carbocycles. The molecule has 0 fully saturated rings. The van der Waals surface area contributed by atoms with E-state index in [1.54, 1.807) is 6.20 Å². The summed E-state index contributed by atoms with van der Waals surface area (Å²) in [5, 5.41) is 18.3. The van der Waals surface area contributed by atoms with Crippen molar-refractivity contribution in [1.82, 2.24) is 15.5 Å². The Labute approximate surface area is 80.8 Å². The number of rotatable bonds is 2. The molecule has 0 radical (unpaired) electrons. The highest BCUT2D eigenvalue weighted by Crippen LogP contribution is 2.21. The molecular formula is C9H11N3O2. The molecule has 2 heterocycles. The van der Waals surface area contributed by atoms with Gasteiger partial charge in [-0.2, -0.15) is 5.10 Å². The molecule has 74 valence electrons. The molecule has 0 amide bonds. The van der Waals surface area contributed by atoms with E-state index in [1.807, 2.05) is 6.08 Å². The molecule has 1 aromatic heterocycles. The molecule has 5 heteroatoms. The van der Waals surface area contributed by atoms with E-state index in [2.05, 4.69) is 15.5 Å². The Morgan fingerprint density at radius 2 is 2.43 bits per heavy atom. The number of nitrogens with one attached hydrogen (secondary N) is 2. The van der Waals surface area contributed by atoms with E-state index in [1.165, 1.54) is 0 Å². The van der Waals surface area contributed by atoms with Gasteiger partial charge in [-0.1, -0.05) is 6.08 Å². The zero-order valence-electron chi connectivity index (χ0n) is 7.58. The summed E-state index contributed by atoms with van der Waals surface area (Å²) in [6.07, 6.45) is 4.42. The Kier molecular flexibility index (Phi) is 2.32. The first-order valence-corrected chi connectivity index (χ1v) is 4.46. The van der Waals surface area contributed by atoms with Gasteiger partial charge in [-0.05, 0) is 18.5 Å². The Morgan fingerprint density at radius 3 is 3.07 bits per heavy atom. The van der Waals surface area contributed by atoms with Gasteiger partial charge in [0.15, 0.2) is 5.69 Å². The molecule has 2 rings (SSSR count). The van der Waals surface area contributed by atoms with Crippen LogP contribution in [0.3, 0.4) is 0 Å². The fourth-order valence-corrected chi connectivity index (χ4v) is 1.56. The first-order chi connectivity index (χ1) is 6.79. The molecule has 1 aliphatic rings. The van der Waals surface area contributed by atoms with Crippen LogP contribution in [-0.2, 0) is 0 Å². The smallest absolute Gasteiger partial charge is 0.354 e. The van der Waals surface area contributed by atoms with E-state index in [-0.39, 0.29) is 5.69 Å². The second-order valence-electron chi connectivity index (χ2n) is 3.15. The molecular weight excluding hydrogens is 182 g/mol. The van der Waals surface area contributed by atoms with Crippen molar-refractivity contribution >= 4 is 11.5 Å². The molecule has 14 heavy (non-hydrogen) atoms. The fourth-order valence-electron chi connectivity index (χ4n) is 1.56. The normalized spacial score (nSPS) is 16.4. The monoisotopic (exact) mass is 193 g/mol. The van der Waals surface area contributed by atoms with Crippen molar-refractivity contribution in [3.63, 3.8) is 0 Å². The van der Waals surface area contributed by atoms with E-state index in [9.17, 15) is 4.79 Å². The van der Waals surface area contributed by atoms with E-state index in [0.29, 0.717) is 5.56 Å². The predicted octanol–water partition coefficient (Wildman–Crippen LogP) is 0.485. The van der Waals surface area contributed by atoms with Gasteiger partial charge < -0.3 is 10.4 Å². The maximum atomic E-state index is 10.8. The lowest BCUT2D eigenvalue weighted by Gasteiger charge is -2.12. The zero-order chi connectivity index (χ0) is 9.97. The number of hydrogen-bond donors (Lipinski definition) is 3. The van der Waals surface area contributed by atoms with Crippen molar-refractivity contribution in [1.29, 1.82) is 0 Å². The van der Waals surface area contributed by atoms with Crippen LogP contribution in [0.25, 0.3) is 5.57 Å². The van der Waals surface area contributed by atoms with Crippen LogP contribution in [0, 0.1) is 0 Å². The summed E-state index contributed by atoms with van der Waals surface area (Å²) in [4.78, 5) is 10.8. The highest BCUT2D eigenvalue weighted by molar-refractivity contribution is 5.92. The van der Waals surface area contributed by atoms with Gasteiger partial charge in [0.2, 0.25) is 0 Å². The topological polar surface area (TPSA) is 78.0 Å². The first kappa shape index (κ1) is 8.96. The highest BCUT2D eigenvalue weighted by atomic mass is 16.4. The second-order valence-corrected chi connectivity index (χ2v) is 3.15. The largest absolute Gasteiger partial charge is 0.477 e. The Morgan fingerprint density at radius 1 is 1.57 bits per heavy atom. The van der Waals surface area contributed by atoms with Crippen LogP contribution in [0.1, 0.15) is 22.5 Å². The summed E-state index contributed by atoms with van der Waals surface area (Å²) in [6, 6.07) is 0. The van der Waals surface area contributed by atoms with E-state index < -0.39 is 5.97 Å². The van der Waals surface area contributed by atoms with Gasteiger partial charge >= 0.3 is 5.97 Å². The van der Waals surface area contributed by atoms with Crippen LogP contribution in [0.15, 0.2) is 12.3 Å². The highest BCUT2D eigenvalue weighted by Gasteiger charge is 2.16.